The number of aromatic hydroxyl groups is 1. The summed E-state index contributed by atoms with van der Waals surface area (Å²) >= 11 is 0. The molecule has 7 nitrogen and oxygen atoms in total. The molecule has 7 heteroatoms. The Balaban J connectivity index is 2.03. The van der Waals surface area contributed by atoms with E-state index in [1.807, 2.05) is 0 Å². The summed E-state index contributed by atoms with van der Waals surface area (Å²) in [7, 11) is 1.46. The molecule has 0 fully saturated rings. The van der Waals surface area contributed by atoms with Crippen molar-refractivity contribution in [3.05, 3.63) is 58.1 Å². The summed E-state index contributed by atoms with van der Waals surface area (Å²) < 4.78 is 4.99. The van der Waals surface area contributed by atoms with Crippen LogP contribution in [0.2, 0.25) is 0 Å². The molecule has 0 spiro atoms. The number of phenolic OH excluding ortho intramolecular Hbond substituents is 1. The molecule has 2 rings (SSSR count). The molecule has 21 heavy (non-hydrogen) atoms. The van der Waals surface area contributed by atoms with Crippen molar-refractivity contribution in [1.82, 2.24) is 0 Å². The normalized spacial score (nSPS) is 10.5. The molecule has 0 aliphatic rings. The number of rotatable bonds is 5. The summed E-state index contributed by atoms with van der Waals surface area (Å²) in [5.74, 6) is 0.410. The molecule has 2 N–H and O–H groups in total. The predicted octanol–water partition coefficient (Wildman–Crippen LogP) is 2.76. The Morgan fingerprint density at radius 1 is 1.29 bits per heavy atom. The van der Waals surface area contributed by atoms with Crippen LogP contribution in [-0.4, -0.2) is 23.4 Å². The van der Waals surface area contributed by atoms with Crippen LogP contribution < -0.4 is 10.2 Å². The van der Waals surface area contributed by atoms with Crippen molar-refractivity contribution in [2.24, 2.45) is 5.10 Å². The number of hydrogen-bond acceptors (Lipinski definition) is 6. The lowest BCUT2D eigenvalue weighted by Crippen LogP contribution is -1.92. The van der Waals surface area contributed by atoms with E-state index in [1.54, 1.807) is 30.5 Å². The first-order chi connectivity index (χ1) is 10.1. The number of ether oxygens (including phenoxy) is 1. The second kappa shape index (κ2) is 6.38. The van der Waals surface area contributed by atoms with Crippen LogP contribution in [0.25, 0.3) is 0 Å². The zero-order valence-corrected chi connectivity index (χ0v) is 11.2. The highest BCUT2D eigenvalue weighted by atomic mass is 16.6. The molecule has 108 valence electrons. The lowest BCUT2D eigenvalue weighted by Gasteiger charge is -2.03. The van der Waals surface area contributed by atoms with Crippen molar-refractivity contribution >= 4 is 17.6 Å². The summed E-state index contributed by atoms with van der Waals surface area (Å²) in [6.45, 7) is 0. The van der Waals surface area contributed by atoms with Gasteiger partial charge in [0.15, 0.2) is 11.5 Å². The van der Waals surface area contributed by atoms with Gasteiger partial charge < -0.3 is 9.84 Å². The quantitative estimate of drug-likeness (QED) is 0.500. The Morgan fingerprint density at radius 3 is 2.62 bits per heavy atom. The van der Waals surface area contributed by atoms with E-state index < -0.39 is 4.92 Å². The van der Waals surface area contributed by atoms with Crippen molar-refractivity contribution in [3.63, 3.8) is 0 Å². The second-order valence-corrected chi connectivity index (χ2v) is 4.11. The Kier molecular flexibility index (Phi) is 4.35. The number of phenols is 1. The zero-order valence-electron chi connectivity index (χ0n) is 11.2. The number of benzene rings is 2. The predicted molar refractivity (Wildman–Crippen MR) is 79.0 cm³/mol. The van der Waals surface area contributed by atoms with Crippen molar-refractivity contribution in [1.29, 1.82) is 0 Å². The molecular weight excluding hydrogens is 274 g/mol. The van der Waals surface area contributed by atoms with Crippen molar-refractivity contribution in [2.75, 3.05) is 12.5 Å². The van der Waals surface area contributed by atoms with E-state index in [0.29, 0.717) is 11.4 Å². The molecule has 0 heterocycles. The highest BCUT2D eigenvalue weighted by molar-refractivity contribution is 5.81. The highest BCUT2D eigenvalue weighted by Gasteiger charge is 2.03. The van der Waals surface area contributed by atoms with Gasteiger partial charge in [0.25, 0.3) is 5.69 Å². The van der Waals surface area contributed by atoms with Gasteiger partial charge in [-0.05, 0) is 35.9 Å². The van der Waals surface area contributed by atoms with E-state index in [1.165, 1.54) is 25.3 Å². The molecule has 2 aromatic rings. The first-order valence-corrected chi connectivity index (χ1v) is 6.00. The summed E-state index contributed by atoms with van der Waals surface area (Å²) in [4.78, 5) is 10.1. The lowest BCUT2D eigenvalue weighted by molar-refractivity contribution is -0.384. The molecule has 0 saturated heterocycles. The number of nitrogens with zero attached hydrogens (tertiary/aromatic N) is 2. The first kappa shape index (κ1) is 14.3. The van der Waals surface area contributed by atoms with Gasteiger partial charge >= 0.3 is 0 Å². The van der Waals surface area contributed by atoms with Gasteiger partial charge in [0.2, 0.25) is 0 Å². The van der Waals surface area contributed by atoms with E-state index >= 15 is 0 Å². The van der Waals surface area contributed by atoms with Crippen LogP contribution >= 0.6 is 0 Å². The fourth-order valence-electron chi connectivity index (χ4n) is 1.61. The lowest BCUT2D eigenvalue weighted by atomic mass is 10.2. The smallest absolute Gasteiger partial charge is 0.269 e. The van der Waals surface area contributed by atoms with E-state index in [0.717, 1.165) is 5.56 Å². The Labute approximate surface area is 120 Å². The molecule has 2 aromatic carbocycles. The second-order valence-electron chi connectivity index (χ2n) is 4.11. The van der Waals surface area contributed by atoms with Crippen molar-refractivity contribution in [3.8, 4) is 11.5 Å². The van der Waals surface area contributed by atoms with Crippen LogP contribution in [-0.2, 0) is 0 Å². The summed E-state index contributed by atoms with van der Waals surface area (Å²) in [5.41, 5.74) is 4.14. The number of nitro benzene ring substituents is 1. The number of nitro groups is 1. The van der Waals surface area contributed by atoms with Gasteiger partial charge in [-0.1, -0.05) is 0 Å². The van der Waals surface area contributed by atoms with Gasteiger partial charge in [0.05, 0.1) is 23.9 Å². The topological polar surface area (TPSA) is 97.0 Å². The van der Waals surface area contributed by atoms with Gasteiger partial charge in [-0.3, -0.25) is 15.5 Å². The van der Waals surface area contributed by atoms with Crippen LogP contribution in [0.4, 0.5) is 11.4 Å². The van der Waals surface area contributed by atoms with E-state index in [2.05, 4.69) is 10.5 Å². The standard InChI is InChI=1S/C14H13N3O4/c1-21-14-8-10(2-7-13(14)18)9-15-16-11-3-5-12(6-4-11)17(19)20/h2-9,16,18H,1H3. The largest absolute Gasteiger partial charge is 0.504 e. The third-order valence-electron chi connectivity index (χ3n) is 2.69. The van der Waals surface area contributed by atoms with E-state index in [-0.39, 0.29) is 11.4 Å². The molecule has 0 aliphatic carbocycles. The highest BCUT2D eigenvalue weighted by Crippen LogP contribution is 2.25. The molecule has 0 amide bonds. The first-order valence-electron chi connectivity index (χ1n) is 6.00. The molecule has 0 radical (unpaired) electrons. The zero-order chi connectivity index (χ0) is 15.2. The van der Waals surface area contributed by atoms with Gasteiger partial charge in [-0.2, -0.15) is 5.10 Å². The van der Waals surface area contributed by atoms with Crippen LogP contribution in [0, 0.1) is 10.1 Å². The van der Waals surface area contributed by atoms with E-state index in [4.69, 9.17) is 4.74 Å². The maximum absolute atomic E-state index is 10.5. The van der Waals surface area contributed by atoms with Crippen LogP contribution in [0.1, 0.15) is 5.56 Å². The molecule has 0 aliphatic heterocycles. The average molecular weight is 287 g/mol. The van der Waals surface area contributed by atoms with E-state index in [9.17, 15) is 15.2 Å². The van der Waals surface area contributed by atoms with Gasteiger partial charge in [-0.15, -0.1) is 0 Å². The summed E-state index contributed by atoms with van der Waals surface area (Å²) in [6.07, 6.45) is 1.55. The number of nitrogens with one attached hydrogen (secondary N) is 1. The van der Waals surface area contributed by atoms with Crippen LogP contribution in [0.3, 0.4) is 0 Å². The molecule has 0 atom stereocenters. The number of non-ortho nitro benzene ring substituents is 1. The SMILES string of the molecule is COc1cc(C=NNc2ccc([N+](=O)[O-])cc2)ccc1O. The third-order valence-corrected chi connectivity index (χ3v) is 2.69. The van der Waals surface area contributed by atoms with Crippen molar-refractivity contribution in [2.45, 2.75) is 0 Å². The minimum absolute atomic E-state index is 0.0211. The summed E-state index contributed by atoms with van der Waals surface area (Å²) in [5, 5.41) is 24.0. The number of hydrogen-bond donors (Lipinski definition) is 2. The van der Waals surface area contributed by atoms with Crippen LogP contribution in [0.5, 0.6) is 11.5 Å². The van der Waals surface area contributed by atoms with Crippen LogP contribution in [0.15, 0.2) is 47.6 Å². The minimum Gasteiger partial charge on any atom is -0.504 e. The Bertz CT molecular complexity index is 668. The number of hydrazone groups is 1. The maximum Gasteiger partial charge on any atom is 0.269 e. The van der Waals surface area contributed by atoms with Gasteiger partial charge in [0.1, 0.15) is 0 Å². The monoisotopic (exact) mass is 287 g/mol. The minimum atomic E-state index is -0.463. The third kappa shape index (κ3) is 3.69. The van der Waals surface area contributed by atoms with Gasteiger partial charge in [-0.25, -0.2) is 0 Å². The average Bonchev–Trinajstić information content (AvgIpc) is 2.49. The Hall–Kier alpha value is -3.09. The molecule has 0 bridgehead atoms. The van der Waals surface area contributed by atoms with Gasteiger partial charge in [0, 0.05) is 12.1 Å². The molecule has 0 aromatic heterocycles. The number of methoxy groups -OCH3 is 1. The fourth-order valence-corrected chi connectivity index (χ4v) is 1.61. The fraction of sp³-hybridized carbons (Fsp3) is 0.0714. The maximum atomic E-state index is 10.5. The summed E-state index contributed by atoms with van der Waals surface area (Å²) in [6, 6.07) is 10.7. The van der Waals surface area contributed by atoms with Crippen molar-refractivity contribution < 1.29 is 14.8 Å². The molecule has 0 saturated carbocycles. The number of anilines is 1. The molecular formula is C14H13N3O4. The molecule has 0 unspecified atom stereocenters. The Morgan fingerprint density at radius 2 is 2.00 bits per heavy atom.